The van der Waals surface area contributed by atoms with Crippen LogP contribution in [0.5, 0.6) is 0 Å². The lowest BCUT2D eigenvalue weighted by Crippen LogP contribution is -2.49. The second-order valence-corrected chi connectivity index (χ2v) is 9.73. The second kappa shape index (κ2) is 7.67. The van der Waals surface area contributed by atoms with Crippen molar-refractivity contribution >= 4 is 27.4 Å². The lowest BCUT2D eigenvalue weighted by molar-refractivity contribution is 0.0746. The maximum Gasteiger partial charge on any atom is 0.255 e. The third kappa shape index (κ3) is 3.94. The molecule has 2 aliphatic heterocycles. The van der Waals surface area contributed by atoms with Gasteiger partial charge < -0.3 is 9.80 Å². The monoisotopic (exact) mass is 414 g/mol. The number of hydrogen-bond donors (Lipinski definition) is 0. The predicted molar refractivity (Wildman–Crippen MR) is 114 cm³/mol. The SMILES string of the molecule is Cc1ccc(N2CCN(C(=O)c3ccc(N4CCCS4(=O)=O)nc3)CC2)c(C)c1. The van der Waals surface area contributed by atoms with E-state index in [0.717, 1.165) is 13.1 Å². The highest BCUT2D eigenvalue weighted by molar-refractivity contribution is 7.93. The zero-order valence-corrected chi connectivity index (χ0v) is 17.7. The summed E-state index contributed by atoms with van der Waals surface area (Å²) in [5.74, 6) is 0.479. The van der Waals surface area contributed by atoms with Gasteiger partial charge in [-0.25, -0.2) is 13.4 Å². The van der Waals surface area contributed by atoms with Crippen LogP contribution in [-0.4, -0.2) is 62.7 Å². The Morgan fingerprint density at radius 3 is 2.34 bits per heavy atom. The molecule has 2 aromatic rings. The Bertz CT molecular complexity index is 1010. The molecule has 0 saturated carbocycles. The Morgan fingerprint density at radius 2 is 1.76 bits per heavy atom. The first-order chi connectivity index (χ1) is 13.8. The van der Waals surface area contributed by atoms with E-state index >= 15 is 0 Å². The number of sulfonamides is 1. The van der Waals surface area contributed by atoms with E-state index < -0.39 is 10.0 Å². The van der Waals surface area contributed by atoms with Crippen LogP contribution in [0.25, 0.3) is 0 Å². The van der Waals surface area contributed by atoms with E-state index in [1.165, 1.54) is 27.3 Å². The second-order valence-electron chi connectivity index (χ2n) is 7.72. The molecule has 2 fully saturated rings. The molecule has 3 heterocycles. The zero-order chi connectivity index (χ0) is 20.6. The molecule has 0 radical (unpaired) electrons. The van der Waals surface area contributed by atoms with Gasteiger partial charge in [-0.15, -0.1) is 0 Å². The standard InChI is InChI=1S/C21H26N4O3S/c1-16-4-6-19(17(2)14-16)23-9-11-24(12-10-23)21(26)18-5-7-20(22-15-18)25-8-3-13-29(25,27)28/h4-7,14-15H,3,8-13H2,1-2H3. The third-order valence-corrected chi connectivity index (χ3v) is 7.46. The minimum absolute atomic E-state index is 0.0615. The first-order valence-corrected chi connectivity index (χ1v) is 11.5. The van der Waals surface area contributed by atoms with E-state index in [9.17, 15) is 13.2 Å². The summed E-state index contributed by atoms with van der Waals surface area (Å²) < 4.78 is 25.4. The van der Waals surface area contributed by atoms with Crippen LogP contribution in [0.2, 0.25) is 0 Å². The number of pyridine rings is 1. The summed E-state index contributed by atoms with van der Waals surface area (Å²) in [5, 5.41) is 0. The molecule has 1 aromatic heterocycles. The molecule has 0 N–H and O–H groups in total. The van der Waals surface area contributed by atoms with Crippen LogP contribution in [0.1, 0.15) is 27.9 Å². The van der Waals surface area contributed by atoms with Crippen LogP contribution < -0.4 is 9.21 Å². The summed E-state index contributed by atoms with van der Waals surface area (Å²) in [6.45, 7) is 7.52. The molecule has 0 spiro atoms. The Labute approximate surface area is 172 Å². The molecule has 0 aliphatic carbocycles. The summed E-state index contributed by atoms with van der Waals surface area (Å²) in [6, 6.07) is 9.75. The van der Waals surface area contributed by atoms with E-state index in [0.29, 0.717) is 37.4 Å². The number of piperazine rings is 1. The summed E-state index contributed by atoms with van der Waals surface area (Å²) in [5.41, 5.74) is 4.21. The average molecular weight is 415 g/mol. The average Bonchev–Trinajstić information content (AvgIpc) is 3.07. The van der Waals surface area contributed by atoms with Gasteiger partial charge in [0.2, 0.25) is 10.0 Å². The highest BCUT2D eigenvalue weighted by atomic mass is 32.2. The van der Waals surface area contributed by atoms with Crippen molar-refractivity contribution in [2.45, 2.75) is 20.3 Å². The molecule has 7 nitrogen and oxygen atoms in total. The van der Waals surface area contributed by atoms with E-state index in [4.69, 9.17) is 0 Å². The molecule has 0 atom stereocenters. The summed E-state index contributed by atoms with van der Waals surface area (Å²) in [7, 11) is -3.26. The topological polar surface area (TPSA) is 73.8 Å². The first-order valence-electron chi connectivity index (χ1n) is 9.93. The predicted octanol–water partition coefficient (Wildman–Crippen LogP) is 2.20. The van der Waals surface area contributed by atoms with Gasteiger partial charge in [0.15, 0.2) is 0 Å². The van der Waals surface area contributed by atoms with Gasteiger partial charge in [0.1, 0.15) is 5.82 Å². The van der Waals surface area contributed by atoms with Crippen molar-refractivity contribution in [2.24, 2.45) is 0 Å². The van der Waals surface area contributed by atoms with Crippen molar-refractivity contribution in [2.75, 3.05) is 47.7 Å². The lowest BCUT2D eigenvalue weighted by atomic mass is 10.1. The molecule has 154 valence electrons. The Kier molecular flexibility index (Phi) is 5.21. The molecule has 8 heteroatoms. The number of hydrogen-bond acceptors (Lipinski definition) is 5. The molecule has 4 rings (SSSR count). The molecule has 1 amide bonds. The highest BCUT2D eigenvalue weighted by Gasteiger charge is 2.30. The summed E-state index contributed by atoms with van der Waals surface area (Å²) in [4.78, 5) is 21.2. The van der Waals surface area contributed by atoms with E-state index in [-0.39, 0.29) is 11.7 Å². The maximum absolute atomic E-state index is 12.8. The summed E-state index contributed by atoms with van der Waals surface area (Å²) >= 11 is 0. The van der Waals surface area contributed by atoms with Crippen LogP contribution in [-0.2, 0) is 10.0 Å². The molecular formula is C21H26N4O3S. The fraction of sp³-hybridized carbons (Fsp3) is 0.429. The number of carbonyl (C=O) groups is 1. The highest BCUT2D eigenvalue weighted by Crippen LogP contribution is 2.24. The van der Waals surface area contributed by atoms with Crippen LogP contribution >= 0.6 is 0 Å². The number of amides is 1. The van der Waals surface area contributed by atoms with Crippen molar-refractivity contribution in [3.8, 4) is 0 Å². The van der Waals surface area contributed by atoms with Gasteiger partial charge >= 0.3 is 0 Å². The summed E-state index contributed by atoms with van der Waals surface area (Å²) in [6.07, 6.45) is 2.09. The van der Waals surface area contributed by atoms with Gasteiger partial charge in [0.05, 0.1) is 11.3 Å². The number of anilines is 2. The number of aromatic nitrogens is 1. The lowest BCUT2D eigenvalue weighted by Gasteiger charge is -2.37. The number of carbonyl (C=O) groups excluding carboxylic acids is 1. The Morgan fingerprint density at radius 1 is 1.00 bits per heavy atom. The molecule has 0 bridgehead atoms. The van der Waals surface area contributed by atoms with E-state index in [2.05, 4.69) is 41.9 Å². The van der Waals surface area contributed by atoms with Crippen molar-refractivity contribution in [3.05, 3.63) is 53.2 Å². The number of rotatable bonds is 3. The number of benzene rings is 1. The molecular weight excluding hydrogens is 388 g/mol. The fourth-order valence-corrected chi connectivity index (χ4v) is 5.56. The van der Waals surface area contributed by atoms with Crippen molar-refractivity contribution in [3.63, 3.8) is 0 Å². The molecule has 0 unspecified atom stereocenters. The van der Waals surface area contributed by atoms with Gasteiger partial charge in [-0.2, -0.15) is 0 Å². The molecule has 29 heavy (non-hydrogen) atoms. The first kappa shape index (κ1) is 19.7. The van der Waals surface area contributed by atoms with Crippen LogP contribution in [0.15, 0.2) is 36.5 Å². The van der Waals surface area contributed by atoms with Gasteiger partial charge in [-0.05, 0) is 44.0 Å². The quantitative estimate of drug-likeness (QED) is 0.770. The minimum Gasteiger partial charge on any atom is -0.368 e. The Balaban J connectivity index is 1.41. The maximum atomic E-state index is 12.8. The molecule has 1 aromatic carbocycles. The van der Waals surface area contributed by atoms with Crippen LogP contribution in [0.4, 0.5) is 11.5 Å². The normalized spacial score (nSPS) is 18.9. The van der Waals surface area contributed by atoms with Gasteiger partial charge in [-0.3, -0.25) is 9.10 Å². The van der Waals surface area contributed by atoms with Crippen molar-refractivity contribution in [1.29, 1.82) is 0 Å². The van der Waals surface area contributed by atoms with E-state index in [1.54, 1.807) is 12.1 Å². The zero-order valence-electron chi connectivity index (χ0n) is 16.8. The fourth-order valence-electron chi connectivity index (χ4n) is 4.05. The minimum atomic E-state index is -3.26. The van der Waals surface area contributed by atoms with Crippen molar-refractivity contribution in [1.82, 2.24) is 9.88 Å². The van der Waals surface area contributed by atoms with Gasteiger partial charge in [0, 0.05) is 44.6 Å². The largest absolute Gasteiger partial charge is 0.368 e. The molecule has 2 aliphatic rings. The van der Waals surface area contributed by atoms with Crippen molar-refractivity contribution < 1.29 is 13.2 Å². The number of nitrogens with zero attached hydrogens (tertiary/aromatic N) is 4. The smallest absolute Gasteiger partial charge is 0.255 e. The van der Waals surface area contributed by atoms with Gasteiger partial charge in [-0.1, -0.05) is 17.7 Å². The Hall–Kier alpha value is -2.61. The molecule has 2 saturated heterocycles. The van der Waals surface area contributed by atoms with E-state index in [1.807, 2.05) is 4.90 Å². The van der Waals surface area contributed by atoms with Crippen LogP contribution in [0, 0.1) is 13.8 Å². The van der Waals surface area contributed by atoms with Crippen LogP contribution in [0.3, 0.4) is 0 Å². The third-order valence-electron chi connectivity index (χ3n) is 5.61. The van der Waals surface area contributed by atoms with Gasteiger partial charge in [0.25, 0.3) is 5.91 Å². The number of aryl methyl sites for hydroxylation is 2.